The number of aromatic amines is 1. The number of thiophene rings is 1. The van der Waals surface area contributed by atoms with Crippen LogP contribution in [0.15, 0.2) is 10.9 Å². The number of carbonyl (C=O) groups excluding carboxylic acids is 1. The summed E-state index contributed by atoms with van der Waals surface area (Å²) in [5.74, 6) is 1.70. The molecule has 2 N–H and O–H groups in total. The molecule has 10 heteroatoms. The predicted molar refractivity (Wildman–Crippen MR) is 119 cm³/mol. The van der Waals surface area contributed by atoms with Crippen molar-refractivity contribution < 1.29 is 4.79 Å². The molecule has 0 bridgehead atoms. The maximum atomic E-state index is 12.6. The fraction of sp³-hybridized carbons (Fsp3) is 0.450. The monoisotopic (exact) mass is 442 g/mol. The summed E-state index contributed by atoms with van der Waals surface area (Å²) < 4.78 is 1.63. The van der Waals surface area contributed by atoms with E-state index in [-0.39, 0.29) is 17.2 Å². The van der Waals surface area contributed by atoms with Gasteiger partial charge in [0.05, 0.1) is 41.6 Å². The Kier molecular flexibility index (Phi) is 6.20. The van der Waals surface area contributed by atoms with E-state index in [2.05, 4.69) is 26.5 Å². The summed E-state index contributed by atoms with van der Waals surface area (Å²) in [4.78, 5) is 34.5. The number of fused-ring (bicyclic) bond motifs is 3. The van der Waals surface area contributed by atoms with E-state index in [1.807, 2.05) is 6.92 Å². The van der Waals surface area contributed by atoms with Gasteiger partial charge in [-0.2, -0.15) is 10.4 Å². The Balaban J connectivity index is 1.37. The van der Waals surface area contributed by atoms with Gasteiger partial charge in [0, 0.05) is 10.9 Å². The van der Waals surface area contributed by atoms with Gasteiger partial charge in [-0.25, -0.2) is 9.67 Å². The van der Waals surface area contributed by atoms with Gasteiger partial charge in [0.1, 0.15) is 16.5 Å². The summed E-state index contributed by atoms with van der Waals surface area (Å²) >= 11 is 3.02. The molecule has 4 rings (SSSR count). The summed E-state index contributed by atoms with van der Waals surface area (Å²) in [6, 6.07) is 3.86. The number of hydrogen-bond acceptors (Lipinski definition) is 7. The number of rotatable bonds is 7. The minimum absolute atomic E-state index is 0.0729. The number of amides is 1. The van der Waals surface area contributed by atoms with Crippen LogP contribution in [-0.4, -0.2) is 31.4 Å². The lowest BCUT2D eigenvalue weighted by atomic mass is 9.97. The molecule has 156 valence electrons. The second kappa shape index (κ2) is 9.02. The molecule has 3 heterocycles. The zero-order valence-electron chi connectivity index (χ0n) is 16.7. The molecule has 0 fully saturated rings. The van der Waals surface area contributed by atoms with E-state index in [0.717, 1.165) is 35.2 Å². The number of hydrogen-bond donors (Lipinski definition) is 2. The second-order valence-electron chi connectivity index (χ2n) is 7.25. The standard InChI is InChI=1S/C20H22N6O2S2/c1-12-9-16(26(25-12)8-4-7-21)24-17(27)11-29-10-15-22-19(28)18-13-5-2-3-6-14(13)30-20(18)23-15/h9H,2-6,8,10-11H2,1H3,(H,24,27)(H,22,23,28). The number of carbonyl (C=O) groups is 1. The molecule has 3 aromatic heterocycles. The average Bonchev–Trinajstić information content (AvgIpc) is 3.26. The van der Waals surface area contributed by atoms with Gasteiger partial charge in [0.25, 0.3) is 5.56 Å². The topological polar surface area (TPSA) is 116 Å². The Morgan fingerprint density at radius 1 is 1.43 bits per heavy atom. The minimum Gasteiger partial charge on any atom is -0.310 e. The van der Waals surface area contributed by atoms with Crippen molar-refractivity contribution in [2.45, 2.75) is 51.3 Å². The van der Waals surface area contributed by atoms with Crippen LogP contribution in [-0.2, 0) is 29.9 Å². The molecular weight excluding hydrogens is 420 g/mol. The van der Waals surface area contributed by atoms with Crippen LogP contribution >= 0.6 is 23.1 Å². The van der Waals surface area contributed by atoms with Crippen molar-refractivity contribution in [1.29, 1.82) is 5.26 Å². The zero-order valence-corrected chi connectivity index (χ0v) is 18.3. The minimum atomic E-state index is -0.159. The molecule has 0 aromatic carbocycles. The third-order valence-corrected chi connectivity index (χ3v) is 7.08. The predicted octanol–water partition coefficient (Wildman–Crippen LogP) is 3.15. The SMILES string of the molecule is Cc1cc(NC(=O)CSCc2nc3sc4c(c3c(=O)[nH]2)CCCC4)n(CCC#N)n1. The molecule has 0 aliphatic heterocycles. The normalized spacial score (nSPS) is 13.2. The maximum absolute atomic E-state index is 12.6. The highest BCUT2D eigenvalue weighted by Crippen LogP contribution is 2.33. The van der Waals surface area contributed by atoms with Crippen LogP contribution < -0.4 is 10.9 Å². The fourth-order valence-electron chi connectivity index (χ4n) is 3.67. The number of nitrogens with zero attached hydrogens (tertiary/aromatic N) is 4. The lowest BCUT2D eigenvalue weighted by Crippen LogP contribution is -2.18. The zero-order chi connectivity index (χ0) is 21.1. The molecule has 0 unspecified atom stereocenters. The van der Waals surface area contributed by atoms with Crippen LogP contribution in [0.4, 0.5) is 5.82 Å². The van der Waals surface area contributed by atoms with Gasteiger partial charge in [-0.05, 0) is 38.2 Å². The van der Waals surface area contributed by atoms with E-state index in [9.17, 15) is 9.59 Å². The molecule has 0 atom stereocenters. The molecule has 8 nitrogen and oxygen atoms in total. The van der Waals surface area contributed by atoms with Gasteiger partial charge < -0.3 is 10.3 Å². The summed E-state index contributed by atoms with van der Waals surface area (Å²) in [6.07, 6.45) is 4.61. The first-order chi connectivity index (χ1) is 14.5. The van der Waals surface area contributed by atoms with Crippen molar-refractivity contribution in [3.63, 3.8) is 0 Å². The fourth-order valence-corrected chi connectivity index (χ4v) is 5.64. The molecule has 1 aliphatic carbocycles. The molecule has 0 saturated heterocycles. The van der Waals surface area contributed by atoms with Crippen molar-refractivity contribution in [3.8, 4) is 6.07 Å². The molecule has 0 radical (unpaired) electrons. The molecular formula is C20H22N6O2S2. The highest BCUT2D eigenvalue weighted by molar-refractivity contribution is 7.99. The molecule has 0 spiro atoms. The van der Waals surface area contributed by atoms with Crippen molar-refractivity contribution >= 4 is 45.0 Å². The van der Waals surface area contributed by atoms with Crippen LogP contribution in [0.2, 0.25) is 0 Å². The maximum Gasteiger partial charge on any atom is 0.259 e. The van der Waals surface area contributed by atoms with Crippen LogP contribution in [0.5, 0.6) is 0 Å². The van der Waals surface area contributed by atoms with Crippen LogP contribution in [0.25, 0.3) is 10.2 Å². The number of nitrogens with one attached hydrogen (secondary N) is 2. The highest BCUT2D eigenvalue weighted by atomic mass is 32.2. The second-order valence-corrected chi connectivity index (χ2v) is 9.32. The first-order valence-corrected chi connectivity index (χ1v) is 11.8. The molecule has 3 aromatic rings. The van der Waals surface area contributed by atoms with E-state index in [4.69, 9.17) is 5.26 Å². The lowest BCUT2D eigenvalue weighted by molar-refractivity contribution is -0.113. The van der Waals surface area contributed by atoms with Gasteiger partial charge in [0.15, 0.2) is 0 Å². The molecule has 0 saturated carbocycles. The Bertz CT molecular complexity index is 1190. The van der Waals surface area contributed by atoms with Crippen molar-refractivity contribution in [2.75, 3.05) is 11.1 Å². The Morgan fingerprint density at radius 3 is 3.10 bits per heavy atom. The lowest BCUT2D eigenvalue weighted by Gasteiger charge is -2.09. The third kappa shape index (κ3) is 4.42. The Hall–Kier alpha value is -2.64. The Labute approximate surface area is 181 Å². The van der Waals surface area contributed by atoms with Gasteiger partial charge in [0.2, 0.25) is 5.91 Å². The van der Waals surface area contributed by atoms with Crippen LogP contribution in [0.3, 0.4) is 0 Å². The van der Waals surface area contributed by atoms with Gasteiger partial charge in [-0.15, -0.1) is 23.1 Å². The van der Waals surface area contributed by atoms with Gasteiger partial charge >= 0.3 is 0 Å². The van der Waals surface area contributed by atoms with Gasteiger partial charge in [-0.3, -0.25) is 9.59 Å². The number of anilines is 1. The largest absolute Gasteiger partial charge is 0.310 e. The first kappa shape index (κ1) is 20.6. The quantitative estimate of drug-likeness (QED) is 0.581. The molecule has 1 amide bonds. The molecule has 30 heavy (non-hydrogen) atoms. The van der Waals surface area contributed by atoms with E-state index in [1.165, 1.54) is 28.6 Å². The smallest absolute Gasteiger partial charge is 0.259 e. The van der Waals surface area contributed by atoms with Gasteiger partial charge in [-0.1, -0.05) is 0 Å². The summed E-state index contributed by atoms with van der Waals surface area (Å²) in [5.41, 5.74) is 1.89. The van der Waals surface area contributed by atoms with Crippen molar-refractivity contribution in [3.05, 3.63) is 38.4 Å². The number of nitriles is 1. The number of aromatic nitrogens is 4. The third-order valence-electron chi connectivity index (χ3n) is 4.95. The molecule has 1 aliphatic rings. The van der Waals surface area contributed by atoms with E-state index >= 15 is 0 Å². The summed E-state index contributed by atoms with van der Waals surface area (Å²) in [5, 5.41) is 16.6. The van der Waals surface area contributed by atoms with Crippen LogP contribution in [0.1, 0.15) is 41.2 Å². The van der Waals surface area contributed by atoms with Crippen molar-refractivity contribution in [1.82, 2.24) is 19.7 Å². The summed E-state index contributed by atoms with van der Waals surface area (Å²) in [6.45, 7) is 2.27. The van der Waals surface area contributed by atoms with E-state index in [1.54, 1.807) is 22.1 Å². The number of H-pyrrole nitrogens is 1. The van der Waals surface area contributed by atoms with Crippen LogP contribution in [0, 0.1) is 18.3 Å². The van der Waals surface area contributed by atoms with Crippen molar-refractivity contribution in [2.24, 2.45) is 0 Å². The average molecular weight is 443 g/mol. The van der Waals surface area contributed by atoms with E-state index < -0.39 is 0 Å². The summed E-state index contributed by atoms with van der Waals surface area (Å²) in [7, 11) is 0. The van der Waals surface area contributed by atoms with E-state index in [0.29, 0.717) is 30.4 Å². The first-order valence-electron chi connectivity index (χ1n) is 9.87. The Morgan fingerprint density at radius 2 is 2.27 bits per heavy atom. The number of thioether (sulfide) groups is 1. The number of aryl methyl sites for hydroxylation is 4. The highest BCUT2D eigenvalue weighted by Gasteiger charge is 2.19.